The fourth-order valence-corrected chi connectivity index (χ4v) is 14.6. The average Bonchev–Trinajstić information content (AvgIpc) is 1.42. The zero-order valence-corrected chi connectivity index (χ0v) is 53.7. The Balaban J connectivity index is 1.09. The fourth-order valence-electron chi connectivity index (χ4n) is 14.6. The average molecular weight is 1290 g/mol. The molecule has 2 aromatic heterocycles. The van der Waals surface area contributed by atoms with Gasteiger partial charge >= 0.3 is 0 Å². The highest BCUT2D eigenvalue weighted by Gasteiger charge is 2.46. The molecule has 0 fully saturated rings. The lowest BCUT2D eigenvalue weighted by atomic mass is 9.33. The van der Waals surface area contributed by atoms with E-state index in [1.807, 2.05) is 249 Å². The third-order valence-corrected chi connectivity index (χ3v) is 19.1. The van der Waals surface area contributed by atoms with Crippen LogP contribution >= 0.6 is 0 Å². The van der Waals surface area contributed by atoms with Gasteiger partial charge in [0.25, 0.3) is 6.71 Å². The maximum absolute atomic E-state index is 11.7. The van der Waals surface area contributed by atoms with Gasteiger partial charge in [-0.3, -0.25) is 0 Å². The number of hydrogen-bond donors (Lipinski definition) is 0. The van der Waals surface area contributed by atoms with Crippen LogP contribution in [0.4, 0.5) is 34.1 Å². The molecule has 0 saturated carbocycles. The number of anilines is 6. The summed E-state index contributed by atoms with van der Waals surface area (Å²) in [7, 11) is 0. The van der Waals surface area contributed by atoms with E-state index in [0.29, 0.717) is 78.3 Å². The molecule has 2 aliphatic heterocycles. The summed E-state index contributed by atoms with van der Waals surface area (Å²) in [6.07, 6.45) is 0. The first-order valence-corrected chi connectivity index (χ1v) is 32.7. The van der Waals surface area contributed by atoms with Gasteiger partial charge in [0.15, 0.2) is 0 Å². The van der Waals surface area contributed by atoms with Crippen molar-refractivity contribution in [1.29, 1.82) is 0 Å². The van der Waals surface area contributed by atoms with Crippen LogP contribution in [0.3, 0.4) is 0 Å². The van der Waals surface area contributed by atoms with Gasteiger partial charge in [0, 0.05) is 77.9 Å². The highest BCUT2D eigenvalue weighted by atomic mass is 15.2. The van der Waals surface area contributed by atoms with Crippen LogP contribution in [0.5, 0.6) is 0 Å². The maximum atomic E-state index is 11.7. The number of aromatic nitrogens is 2. The predicted octanol–water partition coefficient (Wildman–Crippen LogP) is 23.3. The SMILES string of the molecule is [2H]c1c([2H])c(-n2c3c([2H])c([2H])c([2H])c([2H])c3c3c([2H])c([2H])c([2H])c([2H])c32)c([2H])c2c1B1c3c(cc(C(C)(C)C)cc3N(c3c(-c4ccccc4)cc(-c4ccccc4)cc3-c3ccccc3)c3c([2H])c(-n4c5c([2H])c([2H])c([2H])c([2H])c5c5c([2H])c([2H])c([2H])c([2H])c54)c([2H])c([2H])c31)N2c1c(-c2ccccc2)cc(-c2ccccc2)cc1-c1ccccc1. The van der Waals surface area contributed by atoms with Crippen LogP contribution in [0.15, 0.2) is 351 Å². The molecule has 2 aliphatic rings. The molecule has 4 nitrogen and oxygen atoms in total. The lowest BCUT2D eigenvalue weighted by molar-refractivity contribution is 0.590. The van der Waals surface area contributed by atoms with E-state index >= 15 is 0 Å². The molecule has 5 heteroatoms. The molecule has 0 bridgehead atoms. The first kappa shape index (κ1) is 39.6. The predicted molar refractivity (Wildman–Crippen MR) is 420 cm³/mol. The van der Waals surface area contributed by atoms with Crippen LogP contribution in [-0.2, 0) is 5.41 Å². The van der Waals surface area contributed by atoms with E-state index in [1.165, 1.54) is 0 Å². The molecule has 99 heavy (non-hydrogen) atoms. The summed E-state index contributed by atoms with van der Waals surface area (Å²) in [6, 6.07) is 53.9. The van der Waals surface area contributed by atoms with Crippen molar-refractivity contribution in [2.45, 2.75) is 26.2 Å². The van der Waals surface area contributed by atoms with Gasteiger partial charge < -0.3 is 18.9 Å². The van der Waals surface area contributed by atoms with Gasteiger partial charge in [0.2, 0.25) is 0 Å². The Morgan fingerprint density at radius 2 is 0.576 bits per heavy atom. The number of para-hydroxylation sites is 4. The fraction of sp³-hybridized carbons (Fsp3) is 0.0426. The van der Waals surface area contributed by atoms with Gasteiger partial charge in [-0.25, -0.2) is 0 Å². The first-order chi connectivity index (χ1) is 58.0. The van der Waals surface area contributed by atoms with Crippen molar-refractivity contribution in [2.75, 3.05) is 9.80 Å². The Bertz CT molecular complexity index is 6690. The van der Waals surface area contributed by atoms with Crippen molar-refractivity contribution >= 4 is 101 Å². The van der Waals surface area contributed by atoms with Gasteiger partial charge in [0.05, 0.1) is 63.6 Å². The molecule has 466 valence electrons. The van der Waals surface area contributed by atoms with Gasteiger partial charge in [-0.1, -0.05) is 287 Å². The molecule has 0 saturated heterocycles. The third-order valence-electron chi connectivity index (χ3n) is 19.1. The highest BCUT2D eigenvalue weighted by molar-refractivity contribution is 7.00. The van der Waals surface area contributed by atoms with Crippen LogP contribution in [0, 0.1) is 0 Å². The largest absolute Gasteiger partial charge is 0.310 e. The summed E-state index contributed by atoms with van der Waals surface area (Å²) in [4.78, 5) is 3.75. The zero-order valence-electron chi connectivity index (χ0n) is 75.7. The number of fused-ring (bicyclic) bond motifs is 10. The molecule has 19 rings (SSSR count). The minimum Gasteiger partial charge on any atom is -0.310 e. The van der Waals surface area contributed by atoms with Crippen molar-refractivity contribution in [1.82, 2.24) is 9.13 Å². The number of rotatable bonds is 10. The van der Waals surface area contributed by atoms with Crippen LogP contribution in [0.2, 0.25) is 0 Å². The monoisotopic (exact) mass is 1280 g/mol. The molecule has 0 aliphatic carbocycles. The second-order valence-electron chi connectivity index (χ2n) is 25.9. The van der Waals surface area contributed by atoms with E-state index in [2.05, 4.69) is 0 Å². The molecular weight excluding hydrogens is 1200 g/mol. The van der Waals surface area contributed by atoms with E-state index in [9.17, 15) is 24.7 Å². The van der Waals surface area contributed by atoms with Gasteiger partial charge in [-0.05, 0) is 157 Å². The molecule has 0 N–H and O–H groups in total. The van der Waals surface area contributed by atoms with Crippen molar-refractivity contribution in [3.8, 4) is 78.1 Å². The molecule has 17 aromatic rings. The number of nitrogens with zero attached hydrogens (tertiary/aromatic N) is 4. The Morgan fingerprint density at radius 1 is 0.293 bits per heavy atom. The van der Waals surface area contributed by atoms with Crippen LogP contribution in [0.25, 0.3) is 122 Å². The van der Waals surface area contributed by atoms with Crippen molar-refractivity contribution in [3.05, 3.63) is 357 Å². The molecule has 15 aromatic carbocycles. The lowest BCUT2D eigenvalue weighted by Crippen LogP contribution is -2.61. The number of benzene rings is 15. The molecule has 0 amide bonds. The summed E-state index contributed by atoms with van der Waals surface area (Å²) in [5, 5.41) is -1.43. The maximum Gasteiger partial charge on any atom is 0.252 e. The summed E-state index contributed by atoms with van der Waals surface area (Å²) in [5.74, 6) is 0. The van der Waals surface area contributed by atoms with E-state index in [0.717, 1.165) is 31.4 Å². The van der Waals surface area contributed by atoms with E-state index < -0.39 is 179 Å². The molecule has 0 radical (unpaired) electrons. The molecule has 0 spiro atoms. The molecular formula is C94H67BN4. The van der Waals surface area contributed by atoms with Crippen molar-refractivity contribution < 1.29 is 30.2 Å². The minimum absolute atomic E-state index is 0.169. The topological polar surface area (TPSA) is 16.3 Å². The lowest BCUT2D eigenvalue weighted by Gasteiger charge is -2.46. The van der Waals surface area contributed by atoms with E-state index in [-0.39, 0.29) is 43.8 Å². The second kappa shape index (κ2) is 23.2. The summed E-state index contributed by atoms with van der Waals surface area (Å²) >= 11 is 0. The zero-order chi connectivity index (χ0) is 85.0. The van der Waals surface area contributed by atoms with Gasteiger partial charge in [0.1, 0.15) is 0 Å². The van der Waals surface area contributed by atoms with Crippen LogP contribution in [-0.4, -0.2) is 15.8 Å². The van der Waals surface area contributed by atoms with Gasteiger partial charge in [-0.2, -0.15) is 0 Å². The highest BCUT2D eigenvalue weighted by Crippen LogP contribution is 2.56. The van der Waals surface area contributed by atoms with Gasteiger partial charge in [-0.15, -0.1) is 0 Å². The Hall–Kier alpha value is -12.4. The van der Waals surface area contributed by atoms with Crippen LogP contribution in [0.1, 0.15) is 56.5 Å². The Morgan fingerprint density at radius 3 is 0.869 bits per heavy atom. The van der Waals surface area contributed by atoms with E-state index in [1.54, 1.807) is 0 Å². The quantitative estimate of drug-likeness (QED) is 0.127. The molecule has 0 unspecified atom stereocenters. The second-order valence-corrected chi connectivity index (χ2v) is 25.9. The normalized spacial score (nSPS) is 15.6. The van der Waals surface area contributed by atoms with Crippen LogP contribution < -0.4 is 26.2 Å². The molecule has 0 atom stereocenters. The standard InChI is InChI=1S/C94H67BN4/c1-94(2,3)70-58-89-91-90(59-70)99(93-79(66-38-18-8-19-39-66)56-69(63-32-12-5-13-33-63)57-80(93)67-40-20-9-21-41-67)88-61-72(97-85-48-28-24-44-75(85)76-45-25-29-49-86(76)97)51-53-82(88)95(91)81-52-50-71(96-83-46-26-22-42-73(83)74-43-23-27-47-84(74)96)60-87(81)98(89)92-77(64-34-14-6-15-35-64)54-68(62-30-10-4-11-31-62)55-78(92)65-36-16-7-17-37-65/h4-61H,1-3H3/i22D,23D,24D,25D,26D,27D,28D,29D,42D,43D,44D,45D,46D,47D,48D,49D,50D,51D,52D,53D,60D,61D. The first-order valence-electron chi connectivity index (χ1n) is 43.7. The Kier molecular flexibility index (Phi) is 9.25. The summed E-state index contributed by atoms with van der Waals surface area (Å²) in [5.41, 5.74) is 5.82. The summed E-state index contributed by atoms with van der Waals surface area (Å²) in [6.45, 7) is 4.39. The molecule has 4 heterocycles. The van der Waals surface area contributed by atoms with Crippen molar-refractivity contribution in [3.63, 3.8) is 0 Å². The Labute approximate surface area is 608 Å². The number of hydrogen-bond acceptors (Lipinski definition) is 2. The smallest absolute Gasteiger partial charge is 0.252 e. The van der Waals surface area contributed by atoms with Crippen molar-refractivity contribution in [2.24, 2.45) is 0 Å². The minimum atomic E-state index is -1.66. The third kappa shape index (κ3) is 9.44. The summed E-state index contributed by atoms with van der Waals surface area (Å²) < 4.78 is 222. The van der Waals surface area contributed by atoms with E-state index in [4.69, 9.17) is 5.48 Å².